The van der Waals surface area contributed by atoms with Crippen molar-refractivity contribution in [2.45, 2.75) is 354 Å². The van der Waals surface area contributed by atoms with E-state index >= 15 is 0 Å². The number of carbonyl (C=O) groups is 2. The highest BCUT2D eigenvalue weighted by atomic mass is 16.6. The van der Waals surface area contributed by atoms with Crippen molar-refractivity contribution in [3.63, 3.8) is 0 Å². The van der Waals surface area contributed by atoms with Crippen molar-refractivity contribution in [3.8, 4) is 0 Å². The Morgan fingerprint density at radius 1 is 0.308 bits per heavy atom. The van der Waals surface area contributed by atoms with Crippen molar-refractivity contribution in [1.29, 1.82) is 0 Å². The lowest BCUT2D eigenvalue weighted by Crippen LogP contribution is -2.28. The average Bonchev–Trinajstić information content (AvgIpc) is 3.44. The Balaban J connectivity index is 3.43. The lowest BCUT2D eigenvalue weighted by atomic mass is 10.0. The molecule has 0 amide bonds. The Morgan fingerprint density at radius 2 is 0.551 bits per heavy atom. The van der Waals surface area contributed by atoms with Gasteiger partial charge in [0.2, 0.25) is 0 Å². The summed E-state index contributed by atoms with van der Waals surface area (Å²) in [4.78, 5) is 24.6. The zero-order valence-electron chi connectivity index (χ0n) is 51.9. The summed E-state index contributed by atoms with van der Waals surface area (Å²) in [6.07, 6.45) is 96.1. The predicted molar refractivity (Wildman–Crippen MR) is 343 cm³/mol. The second kappa shape index (κ2) is 68.4. The molecule has 0 rings (SSSR count). The highest BCUT2D eigenvalue weighted by molar-refractivity contribution is 5.70. The topological polar surface area (TPSA) is 72.8 Å². The number of rotatable bonds is 63. The van der Waals surface area contributed by atoms with Crippen LogP contribution in [-0.4, -0.2) is 36.4 Å². The average molecular weight is 1090 g/mol. The van der Waals surface area contributed by atoms with E-state index in [0.717, 1.165) is 77.0 Å². The molecule has 1 atom stereocenters. The second-order valence-electron chi connectivity index (χ2n) is 22.9. The zero-order valence-corrected chi connectivity index (χ0v) is 51.9. The number of ether oxygens (including phenoxy) is 2. The molecule has 0 aromatic heterocycles. The van der Waals surface area contributed by atoms with Gasteiger partial charge in [0.05, 0.1) is 6.61 Å². The first-order valence-electron chi connectivity index (χ1n) is 34.1. The van der Waals surface area contributed by atoms with Crippen molar-refractivity contribution in [1.82, 2.24) is 0 Å². The van der Waals surface area contributed by atoms with Crippen LogP contribution in [0.2, 0.25) is 0 Å². The molecule has 0 saturated carbocycles. The molecule has 0 bridgehead atoms. The SMILES string of the molecule is CC/C=C\C/C=C\C/C=C\C/C=C\C/C=C\C/C=C\C/C=C\CCCCCCCCCCCCCCCCCCCCCC(=O)OC(CO)COC(=O)CCCCCCCCCCCCCCCCCCCCCCCCC. The highest BCUT2D eigenvalue weighted by Gasteiger charge is 2.16. The van der Waals surface area contributed by atoms with E-state index in [1.807, 2.05) is 0 Å². The minimum Gasteiger partial charge on any atom is -0.462 e. The number of carbonyl (C=O) groups excluding carboxylic acids is 2. The molecule has 0 aliphatic rings. The van der Waals surface area contributed by atoms with E-state index in [0.29, 0.717) is 12.8 Å². The van der Waals surface area contributed by atoms with Crippen LogP contribution in [0.5, 0.6) is 0 Å². The molecule has 1 N–H and O–H groups in total. The van der Waals surface area contributed by atoms with Gasteiger partial charge in [0, 0.05) is 12.8 Å². The van der Waals surface area contributed by atoms with Crippen LogP contribution in [0.4, 0.5) is 0 Å². The summed E-state index contributed by atoms with van der Waals surface area (Å²) in [5.74, 6) is -0.571. The third-order valence-corrected chi connectivity index (χ3v) is 15.2. The number of unbranched alkanes of at least 4 members (excludes halogenated alkanes) is 41. The van der Waals surface area contributed by atoms with Gasteiger partial charge in [-0.05, 0) is 70.6 Å². The van der Waals surface area contributed by atoms with E-state index < -0.39 is 6.10 Å². The first-order valence-corrected chi connectivity index (χ1v) is 34.1. The standard InChI is InChI=1S/C73H130O5/c1-3-5-7-9-11-13-15-17-19-21-23-25-27-28-29-30-31-32-33-34-35-36-37-38-39-40-41-42-43-44-46-48-50-52-54-56-58-60-62-64-66-68-73(76)78-71(69-74)70-77-72(75)67-65-63-61-59-57-55-53-51-49-47-45-26-24-22-20-18-16-14-12-10-8-6-4-2/h5,7,11,13,17,19,23,25,28-29,31-32,34-35,71,74H,3-4,6,8-10,12,14-16,18,20-22,24,26-27,30,33,36-70H2,1-2H3/b7-5-,13-11-,19-17-,25-23-,29-28-,32-31-,35-34-. The monoisotopic (exact) mass is 1090 g/mol. The quantitative estimate of drug-likeness (QED) is 0.0373. The van der Waals surface area contributed by atoms with Crippen molar-refractivity contribution in [2.75, 3.05) is 13.2 Å². The van der Waals surface area contributed by atoms with E-state index in [1.165, 1.54) is 244 Å². The van der Waals surface area contributed by atoms with Gasteiger partial charge >= 0.3 is 11.9 Å². The molecule has 452 valence electrons. The van der Waals surface area contributed by atoms with Crippen LogP contribution >= 0.6 is 0 Å². The molecule has 5 heteroatoms. The molecule has 0 fully saturated rings. The molecule has 0 aliphatic heterocycles. The summed E-state index contributed by atoms with van der Waals surface area (Å²) < 4.78 is 10.8. The largest absolute Gasteiger partial charge is 0.462 e. The molecule has 0 radical (unpaired) electrons. The molecule has 1 unspecified atom stereocenters. The highest BCUT2D eigenvalue weighted by Crippen LogP contribution is 2.18. The van der Waals surface area contributed by atoms with Gasteiger partial charge in [0.1, 0.15) is 6.61 Å². The molecule has 0 aromatic rings. The Labute approximate surface area is 486 Å². The summed E-state index contributed by atoms with van der Waals surface area (Å²) in [6.45, 7) is 4.07. The fourth-order valence-electron chi connectivity index (χ4n) is 10.1. The minimum absolute atomic E-state index is 0.0614. The van der Waals surface area contributed by atoms with Gasteiger partial charge in [0.15, 0.2) is 6.10 Å². The minimum atomic E-state index is -0.772. The van der Waals surface area contributed by atoms with Gasteiger partial charge in [-0.15, -0.1) is 0 Å². The summed E-state index contributed by atoms with van der Waals surface area (Å²) in [7, 11) is 0. The first kappa shape index (κ1) is 75.1. The van der Waals surface area contributed by atoms with Crippen LogP contribution in [0.25, 0.3) is 0 Å². The predicted octanol–water partition coefficient (Wildman–Crippen LogP) is 23.7. The smallest absolute Gasteiger partial charge is 0.306 e. The summed E-state index contributed by atoms with van der Waals surface area (Å²) >= 11 is 0. The Hall–Kier alpha value is -2.92. The number of aliphatic hydroxyl groups is 1. The second-order valence-corrected chi connectivity index (χ2v) is 22.9. The van der Waals surface area contributed by atoms with E-state index in [4.69, 9.17) is 9.47 Å². The van der Waals surface area contributed by atoms with E-state index in [2.05, 4.69) is 98.9 Å². The van der Waals surface area contributed by atoms with Gasteiger partial charge < -0.3 is 14.6 Å². The van der Waals surface area contributed by atoms with Gasteiger partial charge in [0.25, 0.3) is 0 Å². The molecular formula is C73H130O5. The number of esters is 2. The zero-order chi connectivity index (χ0) is 56.2. The van der Waals surface area contributed by atoms with Crippen molar-refractivity contribution in [2.24, 2.45) is 0 Å². The third kappa shape index (κ3) is 65.6. The third-order valence-electron chi connectivity index (χ3n) is 15.2. The summed E-state index contributed by atoms with van der Waals surface area (Å²) in [5, 5.41) is 9.69. The molecule has 0 heterocycles. The maximum absolute atomic E-state index is 12.4. The maximum atomic E-state index is 12.4. The molecule has 0 saturated heterocycles. The Morgan fingerprint density at radius 3 is 0.833 bits per heavy atom. The van der Waals surface area contributed by atoms with Gasteiger partial charge in [-0.2, -0.15) is 0 Å². The number of allylic oxidation sites excluding steroid dienone is 14. The normalized spacial score (nSPS) is 12.7. The van der Waals surface area contributed by atoms with E-state index in [1.54, 1.807) is 0 Å². The molecule has 0 spiro atoms. The van der Waals surface area contributed by atoms with Crippen LogP contribution < -0.4 is 0 Å². The van der Waals surface area contributed by atoms with Crippen molar-refractivity contribution >= 4 is 11.9 Å². The van der Waals surface area contributed by atoms with Crippen molar-refractivity contribution < 1.29 is 24.2 Å². The number of hydrogen-bond donors (Lipinski definition) is 1. The van der Waals surface area contributed by atoms with Crippen LogP contribution in [0.1, 0.15) is 348 Å². The molecule has 5 nitrogen and oxygen atoms in total. The molecular weight excluding hydrogens is 957 g/mol. The van der Waals surface area contributed by atoms with Gasteiger partial charge in [-0.1, -0.05) is 349 Å². The fraction of sp³-hybridized carbons (Fsp3) is 0.781. The van der Waals surface area contributed by atoms with Gasteiger partial charge in [-0.3, -0.25) is 9.59 Å². The van der Waals surface area contributed by atoms with E-state index in [9.17, 15) is 14.7 Å². The number of hydrogen-bond acceptors (Lipinski definition) is 5. The van der Waals surface area contributed by atoms with Crippen LogP contribution in [-0.2, 0) is 19.1 Å². The Kier molecular flexibility index (Phi) is 65.8. The molecule has 78 heavy (non-hydrogen) atoms. The number of aliphatic hydroxyl groups excluding tert-OH is 1. The first-order chi connectivity index (χ1) is 38.6. The van der Waals surface area contributed by atoms with Crippen LogP contribution in [0.15, 0.2) is 85.1 Å². The summed E-state index contributed by atoms with van der Waals surface area (Å²) in [5.41, 5.74) is 0. The van der Waals surface area contributed by atoms with Gasteiger partial charge in [-0.25, -0.2) is 0 Å². The lowest BCUT2D eigenvalue weighted by molar-refractivity contribution is -0.161. The van der Waals surface area contributed by atoms with Crippen molar-refractivity contribution in [3.05, 3.63) is 85.1 Å². The lowest BCUT2D eigenvalue weighted by Gasteiger charge is -2.15. The summed E-state index contributed by atoms with van der Waals surface area (Å²) in [6, 6.07) is 0. The fourth-order valence-corrected chi connectivity index (χ4v) is 10.1. The maximum Gasteiger partial charge on any atom is 0.306 e. The molecule has 0 aromatic carbocycles. The Bertz CT molecular complexity index is 1420. The van der Waals surface area contributed by atoms with Crippen LogP contribution in [0, 0.1) is 0 Å². The van der Waals surface area contributed by atoms with E-state index in [-0.39, 0.29) is 25.2 Å². The molecule has 0 aliphatic carbocycles. The van der Waals surface area contributed by atoms with Crippen LogP contribution in [0.3, 0.4) is 0 Å².